The molecule has 0 aliphatic carbocycles. The van der Waals surface area contributed by atoms with Crippen LogP contribution in [0.25, 0.3) is 0 Å². The second-order valence-electron chi connectivity index (χ2n) is 1.61. The van der Waals surface area contributed by atoms with Gasteiger partial charge in [-0.15, -0.1) is 0 Å². The third kappa shape index (κ3) is 1.62. The van der Waals surface area contributed by atoms with Crippen LogP contribution in [0, 0.1) is 0 Å². The maximum atomic E-state index is 10.8. The summed E-state index contributed by atoms with van der Waals surface area (Å²) in [5, 5.41) is 0.313. The van der Waals surface area contributed by atoms with E-state index in [0.717, 1.165) is 0 Å². The molecule has 1 N–H and O–H groups in total. The number of H-pyrrole nitrogens is 1. The summed E-state index contributed by atoms with van der Waals surface area (Å²) in [6.07, 6.45) is 0. The molecule has 0 saturated heterocycles. The first-order valence-electron chi connectivity index (χ1n) is 2.35. The molecule has 0 unspecified atom stereocenters. The Morgan fingerprint density at radius 1 is 1.40 bits per heavy atom. The lowest BCUT2D eigenvalue weighted by molar-refractivity contribution is 1.20. The zero-order valence-corrected chi connectivity index (χ0v) is 8.55. The van der Waals surface area contributed by atoms with E-state index in [-0.39, 0.29) is 5.56 Å². The van der Waals surface area contributed by atoms with Gasteiger partial charge in [-0.25, -0.2) is 0 Å². The number of nitrogens with one attached hydrogen (secondary N) is 1. The van der Waals surface area contributed by atoms with Crippen molar-refractivity contribution in [2.24, 2.45) is 0 Å². The highest BCUT2D eigenvalue weighted by molar-refractivity contribution is 9.11. The van der Waals surface area contributed by atoms with Gasteiger partial charge in [-0.3, -0.25) is 4.79 Å². The van der Waals surface area contributed by atoms with Crippen molar-refractivity contribution in [1.82, 2.24) is 4.98 Å². The molecule has 0 atom stereocenters. The van der Waals surface area contributed by atoms with Crippen molar-refractivity contribution in [2.75, 3.05) is 0 Å². The highest BCUT2D eigenvalue weighted by Gasteiger charge is 2.00. The van der Waals surface area contributed by atoms with Crippen LogP contribution in [0.1, 0.15) is 0 Å². The molecule has 0 bridgehead atoms. The van der Waals surface area contributed by atoms with E-state index in [1.807, 2.05) is 0 Å². The predicted octanol–water partition coefficient (Wildman–Crippen LogP) is 2.55. The Balaban J connectivity index is 3.43. The Kier molecular flexibility index (Phi) is 2.55. The van der Waals surface area contributed by atoms with E-state index in [1.54, 1.807) is 6.07 Å². The van der Waals surface area contributed by atoms with Crippen molar-refractivity contribution in [3.63, 3.8) is 0 Å². The molecule has 0 saturated carbocycles. The van der Waals surface area contributed by atoms with Crippen molar-refractivity contribution >= 4 is 43.5 Å². The van der Waals surface area contributed by atoms with Crippen molar-refractivity contribution in [3.05, 3.63) is 30.5 Å². The van der Waals surface area contributed by atoms with Gasteiger partial charge in [0.1, 0.15) is 5.15 Å². The zero-order chi connectivity index (χ0) is 7.72. The molecular formula is C5H2Br2ClNO. The van der Waals surface area contributed by atoms with Crippen LogP contribution in [-0.2, 0) is 0 Å². The van der Waals surface area contributed by atoms with Gasteiger partial charge in [0, 0.05) is 0 Å². The van der Waals surface area contributed by atoms with Gasteiger partial charge in [0.25, 0.3) is 5.56 Å². The third-order valence-corrected chi connectivity index (χ3v) is 2.64. The monoisotopic (exact) mass is 285 g/mol. The normalized spacial score (nSPS) is 9.90. The Morgan fingerprint density at radius 2 is 2.00 bits per heavy atom. The maximum Gasteiger partial charge on any atom is 0.263 e. The average Bonchev–Trinajstić information content (AvgIpc) is 1.84. The van der Waals surface area contributed by atoms with E-state index in [0.29, 0.717) is 14.1 Å². The number of aromatic nitrogens is 1. The predicted molar refractivity (Wildman–Crippen MR) is 47.5 cm³/mol. The first-order chi connectivity index (χ1) is 4.61. The van der Waals surface area contributed by atoms with Gasteiger partial charge in [-0.1, -0.05) is 11.6 Å². The summed E-state index contributed by atoms with van der Waals surface area (Å²) >= 11 is 11.8. The van der Waals surface area contributed by atoms with Crippen LogP contribution in [0.2, 0.25) is 5.15 Å². The molecule has 54 valence electrons. The lowest BCUT2D eigenvalue weighted by Gasteiger charge is -1.93. The average molecular weight is 287 g/mol. The number of aromatic amines is 1. The quantitative estimate of drug-likeness (QED) is 0.731. The van der Waals surface area contributed by atoms with Gasteiger partial charge in [0.15, 0.2) is 0 Å². The van der Waals surface area contributed by atoms with Gasteiger partial charge in [0.05, 0.1) is 8.95 Å². The molecule has 1 aromatic heterocycles. The number of hydrogen-bond acceptors (Lipinski definition) is 1. The molecule has 1 rings (SSSR count). The molecule has 5 heteroatoms. The first kappa shape index (κ1) is 8.30. The topological polar surface area (TPSA) is 32.9 Å². The summed E-state index contributed by atoms with van der Waals surface area (Å²) in [6.45, 7) is 0. The Labute approximate surface area is 78.9 Å². The number of halogens is 3. The largest absolute Gasteiger partial charge is 0.311 e. The van der Waals surface area contributed by atoms with Crippen molar-refractivity contribution < 1.29 is 0 Å². The van der Waals surface area contributed by atoms with E-state index >= 15 is 0 Å². The second kappa shape index (κ2) is 3.07. The van der Waals surface area contributed by atoms with Gasteiger partial charge < -0.3 is 4.98 Å². The summed E-state index contributed by atoms with van der Waals surface area (Å²) < 4.78 is 1.13. The van der Waals surface area contributed by atoms with Gasteiger partial charge >= 0.3 is 0 Å². The Bertz CT molecular complexity index is 309. The van der Waals surface area contributed by atoms with Crippen LogP contribution in [0.15, 0.2) is 19.8 Å². The van der Waals surface area contributed by atoms with Crippen LogP contribution in [0.4, 0.5) is 0 Å². The molecule has 0 radical (unpaired) electrons. The molecule has 0 amide bonds. The van der Waals surface area contributed by atoms with Gasteiger partial charge in [0.2, 0.25) is 0 Å². The molecule has 1 aromatic rings. The highest BCUT2D eigenvalue weighted by Crippen LogP contribution is 2.20. The molecule has 10 heavy (non-hydrogen) atoms. The fourth-order valence-corrected chi connectivity index (χ4v) is 1.56. The molecule has 0 aliphatic rings. The molecule has 2 nitrogen and oxygen atoms in total. The van der Waals surface area contributed by atoms with Crippen molar-refractivity contribution in [3.8, 4) is 0 Å². The Hall–Kier alpha value is 0.200. The van der Waals surface area contributed by atoms with Crippen LogP contribution in [0.5, 0.6) is 0 Å². The standard InChI is InChI=1S/C5H2Br2ClNO/c6-2-1-3(7)5(10)9-4(2)8/h1H,(H,9,10). The molecule has 1 heterocycles. The van der Waals surface area contributed by atoms with E-state index in [9.17, 15) is 4.79 Å². The second-order valence-corrected chi connectivity index (χ2v) is 3.69. The third-order valence-electron chi connectivity index (χ3n) is 0.903. The molecule has 0 aromatic carbocycles. The van der Waals surface area contributed by atoms with Crippen molar-refractivity contribution in [1.29, 1.82) is 0 Å². The SMILES string of the molecule is O=c1[nH]c(Cl)c(Br)cc1Br. The minimum atomic E-state index is -0.229. The van der Waals surface area contributed by atoms with Crippen LogP contribution in [-0.4, -0.2) is 4.98 Å². The summed E-state index contributed by atoms with van der Waals surface area (Å²) in [4.78, 5) is 13.2. The lowest BCUT2D eigenvalue weighted by atomic mass is 10.5. The highest BCUT2D eigenvalue weighted by atomic mass is 79.9. The number of pyridine rings is 1. The van der Waals surface area contributed by atoms with Gasteiger partial charge in [-0.2, -0.15) is 0 Å². The van der Waals surface area contributed by atoms with Crippen LogP contribution in [0.3, 0.4) is 0 Å². The summed E-state index contributed by atoms with van der Waals surface area (Å²) in [5.41, 5.74) is -0.229. The smallest absolute Gasteiger partial charge is 0.263 e. The molecule has 0 fully saturated rings. The summed E-state index contributed by atoms with van der Waals surface area (Å²) in [6, 6.07) is 1.60. The maximum absolute atomic E-state index is 10.8. The summed E-state index contributed by atoms with van der Waals surface area (Å²) in [5.74, 6) is 0. The van der Waals surface area contributed by atoms with Crippen LogP contribution >= 0.6 is 43.5 Å². The number of hydrogen-bond donors (Lipinski definition) is 1. The van der Waals surface area contributed by atoms with E-state index in [2.05, 4.69) is 36.8 Å². The molecule has 0 spiro atoms. The molecular weight excluding hydrogens is 285 g/mol. The lowest BCUT2D eigenvalue weighted by Crippen LogP contribution is -2.05. The minimum absolute atomic E-state index is 0.229. The fourth-order valence-electron chi connectivity index (χ4n) is 0.459. The fraction of sp³-hybridized carbons (Fsp3) is 0. The van der Waals surface area contributed by atoms with E-state index in [4.69, 9.17) is 11.6 Å². The van der Waals surface area contributed by atoms with E-state index < -0.39 is 0 Å². The summed E-state index contributed by atoms with van der Waals surface area (Å²) in [7, 11) is 0. The minimum Gasteiger partial charge on any atom is -0.311 e. The molecule has 0 aliphatic heterocycles. The van der Waals surface area contributed by atoms with Crippen molar-refractivity contribution in [2.45, 2.75) is 0 Å². The van der Waals surface area contributed by atoms with E-state index in [1.165, 1.54) is 0 Å². The van der Waals surface area contributed by atoms with Crippen LogP contribution < -0.4 is 5.56 Å². The Morgan fingerprint density at radius 3 is 2.50 bits per heavy atom. The van der Waals surface area contributed by atoms with Gasteiger partial charge in [-0.05, 0) is 37.9 Å². The zero-order valence-electron chi connectivity index (χ0n) is 4.62. The first-order valence-corrected chi connectivity index (χ1v) is 4.31. The number of rotatable bonds is 0.